The van der Waals surface area contributed by atoms with Crippen molar-refractivity contribution in [1.29, 1.82) is 0 Å². The van der Waals surface area contributed by atoms with E-state index in [1.54, 1.807) is 19.2 Å². The maximum Gasteiger partial charge on any atom is 0.179 e. The lowest BCUT2D eigenvalue weighted by Crippen LogP contribution is -1.99. The van der Waals surface area contributed by atoms with Gasteiger partial charge in [0.25, 0.3) is 0 Å². The Labute approximate surface area is 93.9 Å². The molecule has 0 spiro atoms. The molecule has 0 heterocycles. The van der Waals surface area contributed by atoms with E-state index in [0.717, 1.165) is 5.56 Å². The fourth-order valence-electron chi connectivity index (χ4n) is 1.33. The average molecular weight is 229 g/mol. The Morgan fingerprint density at radius 3 is 2.47 bits per heavy atom. The van der Waals surface area contributed by atoms with Gasteiger partial charge in [-0.25, -0.2) is 0 Å². The molecule has 0 unspecified atom stereocenters. The molecule has 0 atom stereocenters. The summed E-state index contributed by atoms with van der Waals surface area (Å²) in [5.41, 5.74) is 0.752. The smallest absolute Gasteiger partial charge is 0.179 e. The van der Waals surface area contributed by atoms with Crippen molar-refractivity contribution < 1.29 is 14.3 Å². The summed E-state index contributed by atoms with van der Waals surface area (Å²) in [5.74, 6) is 1.09. The van der Waals surface area contributed by atoms with Gasteiger partial charge in [0.05, 0.1) is 19.2 Å². The molecule has 0 N–H and O–H groups in total. The molecule has 0 aromatic heterocycles. The number of carbonyl (C=O) groups is 1. The van der Waals surface area contributed by atoms with Crippen LogP contribution >= 0.6 is 11.6 Å². The molecule has 0 bridgehead atoms. The van der Waals surface area contributed by atoms with Gasteiger partial charge < -0.3 is 9.47 Å². The number of Topliss-reactive ketones (excluding diaryl/α,β-unsaturated/α-hetero) is 1. The second-order valence-corrected chi connectivity index (χ2v) is 3.53. The third-order valence-corrected chi connectivity index (χ3v) is 2.42. The maximum atomic E-state index is 11.0. The maximum absolute atomic E-state index is 11.0. The van der Waals surface area contributed by atoms with Crippen LogP contribution in [0.25, 0.3) is 0 Å². The predicted octanol–water partition coefficient (Wildman–Crippen LogP) is 2.49. The van der Waals surface area contributed by atoms with Crippen LogP contribution in [0.15, 0.2) is 12.1 Å². The van der Waals surface area contributed by atoms with Gasteiger partial charge >= 0.3 is 0 Å². The number of methoxy groups -OCH3 is 2. The van der Waals surface area contributed by atoms with E-state index in [2.05, 4.69) is 0 Å². The van der Waals surface area contributed by atoms with E-state index in [-0.39, 0.29) is 5.78 Å². The Hall–Kier alpha value is -1.22. The molecule has 0 radical (unpaired) electrons. The molecule has 1 aromatic rings. The minimum Gasteiger partial charge on any atom is -0.493 e. The van der Waals surface area contributed by atoms with Crippen molar-refractivity contribution in [1.82, 2.24) is 0 Å². The van der Waals surface area contributed by atoms with Gasteiger partial charge in [0, 0.05) is 6.42 Å². The quantitative estimate of drug-likeness (QED) is 0.794. The molecular weight excluding hydrogens is 216 g/mol. The van der Waals surface area contributed by atoms with Gasteiger partial charge in [-0.3, -0.25) is 4.79 Å². The van der Waals surface area contributed by atoms with Crippen LogP contribution in [-0.2, 0) is 11.2 Å². The molecule has 0 aliphatic carbocycles. The number of ketones is 1. The van der Waals surface area contributed by atoms with Crippen molar-refractivity contribution in [3.63, 3.8) is 0 Å². The van der Waals surface area contributed by atoms with Crippen LogP contribution < -0.4 is 9.47 Å². The summed E-state index contributed by atoms with van der Waals surface area (Å²) in [6.45, 7) is 1.52. The lowest BCUT2D eigenvalue weighted by atomic mass is 10.1. The van der Waals surface area contributed by atoms with Crippen LogP contribution in [0.1, 0.15) is 12.5 Å². The highest BCUT2D eigenvalue weighted by Gasteiger charge is 2.13. The molecule has 0 saturated carbocycles. The van der Waals surface area contributed by atoms with Crippen LogP contribution in [-0.4, -0.2) is 20.0 Å². The molecule has 1 aromatic carbocycles. The standard InChI is InChI=1S/C11H13ClO3/c1-7(13)6-8-4-5-9(14-2)11(15-3)10(8)12/h4-5H,6H2,1-3H3. The zero-order chi connectivity index (χ0) is 11.4. The minimum atomic E-state index is 0.0594. The minimum absolute atomic E-state index is 0.0594. The summed E-state index contributed by atoms with van der Waals surface area (Å²) < 4.78 is 10.2. The summed E-state index contributed by atoms with van der Waals surface area (Å²) in [6, 6.07) is 3.51. The molecular formula is C11H13ClO3. The van der Waals surface area contributed by atoms with Gasteiger partial charge in [0.15, 0.2) is 11.5 Å². The predicted molar refractivity (Wildman–Crippen MR) is 58.9 cm³/mol. The summed E-state index contributed by atoms with van der Waals surface area (Å²) in [4.78, 5) is 11.0. The van der Waals surface area contributed by atoms with E-state index in [4.69, 9.17) is 21.1 Å². The molecule has 1 rings (SSSR count). The Morgan fingerprint density at radius 2 is 2.00 bits per heavy atom. The lowest BCUT2D eigenvalue weighted by molar-refractivity contribution is -0.116. The summed E-state index contributed by atoms with van der Waals surface area (Å²) >= 11 is 6.08. The number of rotatable bonds is 4. The Morgan fingerprint density at radius 1 is 1.33 bits per heavy atom. The third kappa shape index (κ3) is 2.63. The van der Waals surface area contributed by atoms with Crippen molar-refractivity contribution in [3.05, 3.63) is 22.7 Å². The van der Waals surface area contributed by atoms with Crippen LogP contribution in [0.2, 0.25) is 5.02 Å². The van der Waals surface area contributed by atoms with E-state index in [1.165, 1.54) is 14.0 Å². The average Bonchev–Trinajstić information content (AvgIpc) is 2.20. The highest BCUT2D eigenvalue weighted by atomic mass is 35.5. The highest BCUT2D eigenvalue weighted by molar-refractivity contribution is 6.33. The Balaban J connectivity index is 3.16. The SMILES string of the molecule is COc1ccc(CC(C)=O)c(Cl)c1OC. The largest absolute Gasteiger partial charge is 0.493 e. The highest BCUT2D eigenvalue weighted by Crippen LogP contribution is 2.37. The Kier molecular flexibility index (Phi) is 3.97. The zero-order valence-corrected chi connectivity index (χ0v) is 9.72. The first kappa shape index (κ1) is 11.9. The van der Waals surface area contributed by atoms with Crippen molar-refractivity contribution in [3.8, 4) is 11.5 Å². The molecule has 0 aliphatic rings. The van der Waals surface area contributed by atoms with Gasteiger partial charge in [-0.2, -0.15) is 0 Å². The fourth-order valence-corrected chi connectivity index (χ4v) is 1.63. The van der Waals surface area contributed by atoms with Crippen LogP contribution in [0.3, 0.4) is 0 Å². The molecule has 15 heavy (non-hydrogen) atoms. The number of carbonyl (C=O) groups excluding carboxylic acids is 1. The van der Waals surface area contributed by atoms with Gasteiger partial charge in [0.2, 0.25) is 0 Å². The van der Waals surface area contributed by atoms with Gasteiger partial charge in [-0.05, 0) is 18.6 Å². The number of benzene rings is 1. The second kappa shape index (κ2) is 5.03. The number of ether oxygens (including phenoxy) is 2. The van der Waals surface area contributed by atoms with Crippen molar-refractivity contribution in [2.45, 2.75) is 13.3 Å². The fraction of sp³-hybridized carbons (Fsp3) is 0.364. The summed E-state index contributed by atoms with van der Waals surface area (Å²) in [6.07, 6.45) is 0.305. The third-order valence-electron chi connectivity index (χ3n) is 2.00. The Bertz CT molecular complexity index is 374. The van der Waals surface area contributed by atoms with E-state index < -0.39 is 0 Å². The number of hydrogen-bond acceptors (Lipinski definition) is 3. The van der Waals surface area contributed by atoms with Crippen molar-refractivity contribution in [2.24, 2.45) is 0 Å². The van der Waals surface area contributed by atoms with Crippen LogP contribution in [0.5, 0.6) is 11.5 Å². The summed E-state index contributed by atoms with van der Waals surface area (Å²) in [5, 5.41) is 0.437. The lowest BCUT2D eigenvalue weighted by Gasteiger charge is -2.11. The molecule has 0 aliphatic heterocycles. The molecule has 4 heteroatoms. The topological polar surface area (TPSA) is 35.5 Å². The second-order valence-electron chi connectivity index (χ2n) is 3.15. The number of hydrogen-bond donors (Lipinski definition) is 0. The van der Waals surface area contributed by atoms with Crippen LogP contribution in [0, 0.1) is 0 Å². The number of halogens is 1. The van der Waals surface area contributed by atoms with E-state index in [1.807, 2.05) is 0 Å². The summed E-state index contributed by atoms with van der Waals surface area (Å²) in [7, 11) is 3.06. The first-order chi connectivity index (χ1) is 7.10. The molecule has 82 valence electrons. The zero-order valence-electron chi connectivity index (χ0n) is 8.96. The van der Waals surface area contributed by atoms with Gasteiger partial charge in [-0.1, -0.05) is 17.7 Å². The first-order valence-corrected chi connectivity index (χ1v) is 4.86. The van der Waals surface area contributed by atoms with Crippen molar-refractivity contribution in [2.75, 3.05) is 14.2 Å². The normalized spacial score (nSPS) is 9.87. The monoisotopic (exact) mass is 228 g/mol. The van der Waals surface area contributed by atoms with Gasteiger partial charge in [-0.15, -0.1) is 0 Å². The van der Waals surface area contributed by atoms with E-state index in [0.29, 0.717) is 22.9 Å². The van der Waals surface area contributed by atoms with Gasteiger partial charge in [0.1, 0.15) is 5.78 Å². The van der Waals surface area contributed by atoms with E-state index >= 15 is 0 Å². The van der Waals surface area contributed by atoms with Crippen LogP contribution in [0.4, 0.5) is 0 Å². The molecule has 0 amide bonds. The van der Waals surface area contributed by atoms with E-state index in [9.17, 15) is 4.79 Å². The molecule has 0 saturated heterocycles. The van der Waals surface area contributed by atoms with Crippen molar-refractivity contribution >= 4 is 17.4 Å². The molecule has 0 fully saturated rings. The first-order valence-electron chi connectivity index (χ1n) is 4.49. The molecule has 3 nitrogen and oxygen atoms in total.